The second-order valence-electron chi connectivity index (χ2n) is 1.86. The largest absolute Gasteiger partial charge is 0.494 e. The molecule has 0 bridgehead atoms. The Labute approximate surface area is 78.9 Å². The monoisotopic (exact) mass is 265 g/mol. The topological polar surface area (TPSA) is 31.4 Å². The van der Waals surface area contributed by atoms with Crippen molar-refractivity contribution >= 4 is 22.6 Å². The molecule has 0 aliphatic carbocycles. The number of hydrogen-bond donors (Lipinski definition) is 0. The zero-order valence-corrected chi connectivity index (χ0v) is 8.45. The van der Waals surface area contributed by atoms with E-state index in [0.29, 0.717) is 0 Å². The number of halogens is 1. The Balaban J connectivity index is 3.10. The highest BCUT2D eigenvalue weighted by molar-refractivity contribution is 14.1. The Bertz CT molecular complexity index is 230. The lowest BCUT2D eigenvalue weighted by Crippen LogP contribution is -1.92. The van der Waals surface area contributed by atoms with E-state index in [0.717, 1.165) is 15.1 Å². The standard InChI is InChI=1S/C7H8INO2/c1-10-5-3-9-4-6(11-2)7(5)8/h3-4H,1-2H3. The predicted molar refractivity (Wildman–Crippen MR) is 50.1 cm³/mol. The molecule has 0 spiro atoms. The van der Waals surface area contributed by atoms with Crippen LogP contribution in [0.1, 0.15) is 0 Å². The third kappa shape index (κ3) is 1.74. The summed E-state index contributed by atoms with van der Waals surface area (Å²) in [7, 11) is 3.22. The molecule has 1 heterocycles. The SMILES string of the molecule is COc1cncc(OC)c1I. The fraction of sp³-hybridized carbons (Fsp3) is 0.286. The van der Waals surface area contributed by atoms with Crippen molar-refractivity contribution < 1.29 is 9.47 Å². The number of rotatable bonds is 2. The van der Waals surface area contributed by atoms with Crippen LogP contribution in [0.3, 0.4) is 0 Å². The van der Waals surface area contributed by atoms with Crippen LogP contribution in [-0.2, 0) is 0 Å². The zero-order chi connectivity index (χ0) is 8.27. The molecule has 11 heavy (non-hydrogen) atoms. The summed E-state index contributed by atoms with van der Waals surface area (Å²) in [6.45, 7) is 0. The first-order valence-corrected chi connectivity index (χ1v) is 4.09. The number of hydrogen-bond acceptors (Lipinski definition) is 3. The van der Waals surface area contributed by atoms with Gasteiger partial charge in [-0.25, -0.2) is 0 Å². The fourth-order valence-electron chi connectivity index (χ4n) is 0.692. The van der Waals surface area contributed by atoms with Gasteiger partial charge < -0.3 is 9.47 Å². The van der Waals surface area contributed by atoms with Gasteiger partial charge in [0.2, 0.25) is 0 Å². The Morgan fingerprint density at radius 3 is 2.00 bits per heavy atom. The van der Waals surface area contributed by atoms with Gasteiger partial charge in [0, 0.05) is 0 Å². The van der Waals surface area contributed by atoms with Crippen molar-refractivity contribution in [2.75, 3.05) is 14.2 Å². The maximum atomic E-state index is 5.04. The van der Waals surface area contributed by atoms with Crippen LogP contribution in [-0.4, -0.2) is 19.2 Å². The Morgan fingerprint density at radius 1 is 1.18 bits per heavy atom. The van der Waals surface area contributed by atoms with Gasteiger partial charge in [0.25, 0.3) is 0 Å². The third-order valence-electron chi connectivity index (χ3n) is 1.26. The normalized spacial score (nSPS) is 9.36. The first-order valence-electron chi connectivity index (χ1n) is 3.01. The number of nitrogens with zero attached hydrogens (tertiary/aromatic N) is 1. The molecule has 4 heteroatoms. The summed E-state index contributed by atoms with van der Waals surface area (Å²) in [6, 6.07) is 0. The molecule has 60 valence electrons. The molecule has 0 amide bonds. The van der Waals surface area contributed by atoms with Crippen molar-refractivity contribution in [2.45, 2.75) is 0 Å². The van der Waals surface area contributed by atoms with Gasteiger partial charge in [0.15, 0.2) is 11.5 Å². The van der Waals surface area contributed by atoms with Gasteiger partial charge in [-0.1, -0.05) is 0 Å². The first-order chi connectivity index (χ1) is 5.29. The molecule has 0 aromatic carbocycles. The molecule has 3 nitrogen and oxygen atoms in total. The van der Waals surface area contributed by atoms with Crippen molar-refractivity contribution in [3.8, 4) is 11.5 Å². The van der Waals surface area contributed by atoms with Gasteiger partial charge in [-0.3, -0.25) is 4.98 Å². The van der Waals surface area contributed by atoms with E-state index in [1.807, 2.05) is 0 Å². The summed E-state index contributed by atoms with van der Waals surface area (Å²) in [4.78, 5) is 3.93. The lowest BCUT2D eigenvalue weighted by Gasteiger charge is -2.05. The van der Waals surface area contributed by atoms with Gasteiger partial charge in [0.1, 0.15) is 3.57 Å². The molecule has 0 saturated heterocycles. The summed E-state index contributed by atoms with van der Waals surface area (Å²) < 4.78 is 11.0. The molecule has 0 unspecified atom stereocenters. The summed E-state index contributed by atoms with van der Waals surface area (Å²) in [6.07, 6.45) is 3.31. The van der Waals surface area contributed by atoms with Crippen molar-refractivity contribution in [3.63, 3.8) is 0 Å². The van der Waals surface area contributed by atoms with Crippen molar-refractivity contribution in [1.29, 1.82) is 0 Å². The van der Waals surface area contributed by atoms with Gasteiger partial charge in [-0.05, 0) is 22.6 Å². The maximum Gasteiger partial charge on any atom is 0.154 e. The van der Waals surface area contributed by atoms with E-state index in [1.165, 1.54) is 0 Å². The van der Waals surface area contributed by atoms with Crippen molar-refractivity contribution in [1.82, 2.24) is 4.98 Å². The van der Waals surface area contributed by atoms with Crippen molar-refractivity contribution in [2.24, 2.45) is 0 Å². The Kier molecular flexibility index (Phi) is 2.92. The van der Waals surface area contributed by atoms with Crippen LogP contribution in [0.15, 0.2) is 12.4 Å². The van der Waals surface area contributed by atoms with E-state index >= 15 is 0 Å². The number of pyridine rings is 1. The van der Waals surface area contributed by atoms with Crippen molar-refractivity contribution in [3.05, 3.63) is 16.0 Å². The molecule has 0 radical (unpaired) electrons. The van der Waals surface area contributed by atoms with E-state index in [2.05, 4.69) is 27.6 Å². The molecule has 0 saturated carbocycles. The van der Waals surface area contributed by atoms with Crippen LogP contribution in [0.2, 0.25) is 0 Å². The number of aromatic nitrogens is 1. The van der Waals surface area contributed by atoms with Gasteiger partial charge in [-0.15, -0.1) is 0 Å². The molecule has 0 aliphatic heterocycles. The average molecular weight is 265 g/mol. The second kappa shape index (κ2) is 3.75. The number of ether oxygens (including phenoxy) is 2. The highest BCUT2D eigenvalue weighted by Gasteiger charge is 2.05. The zero-order valence-electron chi connectivity index (χ0n) is 6.30. The average Bonchev–Trinajstić information content (AvgIpc) is 2.05. The summed E-state index contributed by atoms with van der Waals surface area (Å²) >= 11 is 2.15. The third-order valence-corrected chi connectivity index (χ3v) is 2.32. The minimum absolute atomic E-state index is 0.741. The lowest BCUT2D eigenvalue weighted by molar-refractivity contribution is 0.385. The molecule has 0 N–H and O–H groups in total. The molecule has 1 aromatic rings. The first kappa shape index (κ1) is 8.58. The van der Waals surface area contributed by atoms with Crippen LogP contribution in [0.4, 0.5) is 0 Å². The molecular formula is C7H8INO2. The molecule has 1 rings (SSSR count). The van der Waals surface area contributed by atoms with E-state index in [1.54, 1.807) is 26.6 Å². The van der Waals surface area contributed by atoms with Crippen LogP contribution in [0, 0.1) is 3.57 Å². The van der Waals surface area contributed by atoms with Gasteiger partial charge >= 0.3 is 0 Å². The van der Waals surface area contributed by atoms with Crippen LogP contribution in [0.5, 0.6) is 11.5 Å². The minimum atomic E-state index is 0.741. The smallest absolute Gasteiger partial charge is 0.154 e. The fourth-order valence-corrected chi connectivity index (χ4v) is 1.41. The Hall–Kier alpha value is -0.520. The van der Waals surface area contributed by atoms with E-state index in [4.69, 9.17) is 9.47 Å². The number of methoxy groups -OCH3 is 2. The molecule has 0 aliphatic rings. The van der Waals surface area contributed by atoms with E-state index in [-0.39, 0.29) is 0 Å². The minimum Gasteiger partial charge on any atom is -0.494 e. The van der Waals surface area contributed by atoms with Gasteiger partial charge in [-0.2, -0.15) is 0 Å². The van der Waals surface area contributed by atoms with Crippen LogP contribution >= 0.6 is 22.6 Å². The molecule has 1 aromatic heterocycles. The summed E-state index contributed by atoms with van der Waals surface area (Å²) in [5.41, 5.74) is 0. The van der Waals surface area contributed by atoms with Gasteiger partial charge in [0.05, 0.1) is 26.6 Å². The quantitative estimate of drug-likeness (QED) is 0.763. The molecular weight excluding hydrogens is 257 g/mol. The van der Waals surface area contributed by atoms with E-state index < -0.39 is 0 Å². The Morgan fingerprint density at radius 2 is 1.64 bits per heavy atom. The highest BCUT2D eigenvalue weighted by atomic mass is 127. The summed E-state index contributed by atoms with van der Waals surface area (Å²) in [5.74, 6) is 1.48. The highest BCUT2D eigenvalue weighted by Crippen LogP contribution is 2.27. The van der Waals surface area contributed by atoms with E-state index in [9.17, 15) is 0 Å². The molecule has 0 fully saturated rings. The van der Waals surface area contributed by atoms with Crippen LogP contribution in [0.25, 0.3) is 0 Å². The summed E-state index contributed by atoms with van der Waals surface area (Å²) in [5, 5.41) is 0. The van der Waals surface area contributed by atoms with Crippen LogP contribution < -0.4 is 9.47 Å². The predicted octanol–water partition coefficient (Wildman–Crippen LogP) is 1.70. The maximum absolute atomic E-state index is 5.04. The second-order valence-corrected chi connectivity index (χ2v) is 2.94. The molecule has 0 atom stereocenters. The lowest BCUT2D eigenvalue weighted by atomic mass is 10.4.